The van der Waals surface area contributed by atoms with E-state index < -0.39 is 0 Å². The number of hydrogen-bond acceptors (Lipinski definition) is 3. The Morgan fingerprint density at radius 3 is 2.65 bits per heavy atom. The Bertz CT molecular complexity index is 729. The predicted molar refractivity (Wildman–Crippen MR) is 116 cm³/mol. The summed E-state index contributed by atoms with van der Waals surface area (Å²) in [5.41, 5.74) is 2.79. The van der Waals surface area contributed by atoms with Crippen LogP contribution >= 0.6 is 24.0 Å². The van der Waals surface area contributed by atoms with Gasteiger partial charge in [0.05, 0.1) is 6.54 Å². The zero-order valence-electron chi connectivity index (χ0n) is 16.0. The Kier molecular flexibility index (Phi) is 7.02. The Morgan fingerprint density at radius 1 is 1.27 bits per heavy atom. The topological polar surface area (TPSA) is 67.1 Å². The lowest BCUT2D eigenvalue weighted by atomic mass is 9.87. The average Bonchev–Trinajstić information content (AvgIpc) is 3.06. The van der Waals surface area contributed by atoms with Gasteiger partial charge in [0.15, 0.2) is 5.96 Å². The Morgan fingerprint density at radius 2 is 2.00 bits per heavy atom. The van der Waals surface area contributed by atoms with Crippen molar-refractivity contribution in [2.75, 3.05) is 7.05 Å². The highest BCUT2D eigenvalue weighted by Crippen LogP contribution is 2.22. The molecule has 7 heteroatoms. The molecule has 0 spiro atoms. The van der Waals surface area contributed by atoms with Gasteiger partial charge in [-0.3, -0.25) is 4.99 Å². The molecule has 1 atom stereocenters. The Labute approximate surface area is 172 Å². The highest BCUT2D eigenvalue weighted by atomic mass is 127. The number of aryl methyl sites for hydroxylation is 1. The average molecular weight is 468 g/mol. The van der Waals surface area contributed by atoms with E-state index in [2.05, 4.69) is 70.7 Å². The molecule has 0 fully saturated rings. The summed E-state index contributed by atoms with van der Waals surface area (Å²) in [6.45, 7) is 8.28. The van der Waals surface area contributed by atoms with Crippen LogP contribution in [0, 0.1) is 0 Å². The molecule has 0 saturated carbocycles. The number of benzene rings is 1. The van der Waals surface area contributed by atoms with Crippen molar-refractivity contribution in [3.63, 3.8) is 0 Å². The van der Waals surface area contributed by atoms with E-state index in [1.54, 1.807) is 6.33 Å². The zero-order valence-corrected chi connectivity index (χ0v) is 18.3. The molecule has 1 aromatic heterocycles. The van der Waals surface area contributed by atoms with Crippen molar-refractivity contribution >= 4 is 29.9 Å². The second-order valence-electron chi connectivity index (χ2n) is 7.61. The maximum Gasteiger partial charge on any atom is 0.191 e. The fraction of sp³-hybridized carbons (Fsp3) is 0.526. The number of fused-ring (bicyclic) bond motifs is 1. The Hall–Kier alpha value is -1.64. The van der Waals surface area contributed by atoms with E-state index in [0.29, 0.717) is 6.04 Å². The van der Waals surface area contributed by atoms with Gasteiger partial charge in [-0.2, -0.15) is 5.10 Å². The molecule has 1 aliphatic heterocycles. The molecular formula is C19H29IN6. The normalized spacial score (nSPS) is 17.2. The fourth-order valence-electron chi connectivity index (χ4n) is 3.05. The molecule has 3 rings (SSSR count). The number of aliphatic imine (C=N–C) groups is 1. The van der Waals surface area contributed by atoms with Crippen LogP contribution in [0.4, 0.5) is 0 Å². The summed E-state index contributed by atoms with van der Waals surface area (Å²) in [5, 5.41) is 11.2. The third kappa shape index (κ3) is 5.18. The van der Waals surface area contributed by atoms with Crippen molar-refractivity contribution in [1.29, 1.82) is 0 Å². The van der Waals surface area contributed by atoms with Crippen molar-refractivity contribution in [1.82, 2.24) is 25.4 Å². The van der Waals surface area contributed by atoms with E-state index >= 15 is 0 Å². The minimum Gasteiger partial charge on any atom is -0.352 e. The van der Waals surface area contributed by atoms with Crippen LogP contribution in [0.5, 0.6) is 0 Å². The van der Waals surface area contributed by atoms with E-state index in [-0.39, 0.29) is 29.4 Å². The second-order valence-corrected chi connectivity index (χ2v) is 7.61. The first-order valence-corrected chi connectivity index (χ1v) is 8.89. The lowest BCUT2D eigenvalue weighted by Gasteiger charge is -2.25. The van der Waals surface area contributed by atoms with Crippen LogP contribution in [-0.4, -0.2) is 33.8 Å². The maximum atomic E-state index is 4.35. The predicted octanol–water partition coefficient (Wildman–Crippen LogP) is 2.87. The van der Waals surface area contributed by atoms with Crippen LogP contribution in [-0.2, 0) is 24.9 Å². The minimum absolute atomic E-state index is 0. The number of nitrogens with zero attached hydrogens (tertiary/aromatic N) is 4. The molecule has 6 nitrogen and oxygen atoms in total. The molecule has 1 aromatic carbocycles. The number of guanidine groups is 1. The van der Waals surface area contributed by atoms with Crippen molar-refractivity contribution in [2.24, 2.45) is 4.99 Å². The monoisotopic (exact) mass is 468 g/mol. The first kappa shape index (κ1) is 20.7. The van der Waals surface area contributed by atoms with Crippen LogP contribution in [0.2, 0.25) is 0 Å². The molecule has 1 unspecified atom stereocenters. The molecule has 0 amide bonds. The smallest absolute Gasteiger partial charge is 0.191 e. The first-order valence-electron chi connectivity index (χ1n) is 8.89. The molecule has 2 heterocycles. The van der Waals surface area contributed by atoms with Crippen molar-refractivity contribution in [3.05, 3.63) is 47.5 Å². The highest BCUT2D eigenvalue weighted by molar-refractivity contribution is 14.0. The molecule has 0 radical (unpaired) electrons. The van der Waals surface area contributed by atoms with Crippen LogP contribution in [0.1, 0.15) is 44.1 Å². The van der Waals surface area contributed by atoms with Crippen molar-refractivity contribution < 1.29 is 0 Å². The van der Waals surface area contributed by atoms with Gasteiger partial charge in [0.1, 0.15) is 12.2 Å². The van der Waals surface area contributed by atoms with Gasteiger partial charge in [0, 0.05) is 26.1 Å². The molecule has 0 saturated heterocycles. The van der Waals surface area contributed by atoms with Gasteiger partial charge in [-0.05, 0) is 23.0 Å². The maximum absolute atomic E-state index is 4.35. The summed E-state index contributed by atoms with van der Waals surface area (Å²) in [7, 11) is 1.81. The largest absolute Gasteiger partial charge is 0.352 e. The summed E-state index contributed by atoms with van der Waals surface area (Å²) in [4.78, 5) is 8.62. The summed E-state index contributed by atoms with van der Waals surface area (Å²) in [6, 6.07) is 9.11. The van der Waals surface area contributed by atoms with E-state index in [1.165, 1.54) is 11.1 Å². The van der Waals surface area contributed by atoms with E-state index in [4.69, 9.17) is 0 Å². The second kappa shape index (κ2) is 8.83. The molecule has 0 aliphatic carbocycles. The number of rotatable bonds is 3. The number of nitrogens with one attached hydrogen (secondary N) is 2. The minimum atomic E-state index is 0. The van der Waals surface area contributed by atoms with E-state index in [9.17, 15) is 0 Å². The van der Waals surface area contributed by atoms with Crippen LogP contribution in [0.25, 0.3) is 0 Å². The van der Waals surface area contributed by atoms with Gasteiger partial charge >= 0.3 is 0 Å². The van der Waals surface area contributed by atoms with Gasteiger partial charge < -0.3 is 10.6 Å². The zero-order chi connectivity index (χ0) is 17.9. The Balaban J connectivity index is 0.00000243. The summed E-state index contributed by atoms with van der Waals surface area (Å²) in [6.07, 6.45) is 3.62. The van der Waals surface area contributed by atoms with Gasteiger partial charge in [0.2, 0.25) is 0 Å². The summed E-state index contributed by atoms with van der Waals surface area (Å²) in [5.74, 6) is 1.90. The number of aromatic nitrogens is 3. The SMILES string of the molecule is CN=C(NCc1ccc(C(C)(C)C)cc1)NC1CCc2ncnn2C1.I. The van der Waals surface area contributed by atoms with Gasteiger partial charge in [-0.15, -0.1) is 24.0 Å². The quantitative estimate of drug-likeness (QED) is 0.413. The molecule has 0 bridgehead atoms. The van der Waals surface area contributed by atoms with Crippen molar-refractivity contribution in [3.8, 4) is 0 Å². The molecule has 142 valence electrons. The molecule has 26 heavy (non-hydrogen) atoms. The molecule has 1 aliphatic rings. The van der Waals surface area contributed by atoms with Crippen molar-refractivity contribution in [2.45, 2.75) is 58.2 Å². The molecular weight excluding hydrogens is 439 g/mol. The van der Waals surface area contributed by atoms with E-state index in [0.717, 1.165) is 37.7 Å². The van der Waals surface area contributed by atoms with E-state index in [1.807, 2.05) is 11.7 Å². The molecule has 2 N–H and O–H groups in total. The van der Waals surface area contributed by atoms with Gasteiger partial charge in [-0.1, -0.05) is 45.0 Å². The number of halogens is 1. The molecule has 2 aromatic rings. The lowest BCUT2D eigenvalue weighted by Crippen LogP contribution is -2.46. The third-order valence-corrected chi connectivity index (χ3v) is 4.65. The summed E-state index contributed by atoms with van der Waals surface area (Å²) >= 11 is 0. The standard InChI is InChI=1S/C19H28N6.HI/c1-19(2,3)15-7-5-14(6-8-15)11-21-18(20-4)24-16-9-10-17-22-13-23-25(17)12-16;/h5-8,13,16H,9-12H2,1-4H3,(H2,20,21,24);1H. The fourth-order valence-corrected chi connectivity index (χ4v) is 3.05. The van der Waals surface area contributed by atoms with Crippen LogP contribution < -0.4 is 10.6 Å². The lowest BCUT2D eigenvalue weighted by molar-refractivity contribution is 0.392. The van der Waals surface area contributed by atoms with Gasteiger partial charge in [0.25, 0.3) is 0 Å². The highest BCUT2D eigenvalue weighted by Gasteiger charge is 2.20. The van der Waals surface area contributed by atoms with Gasteiger partial charge in [-0.25, -0.2) is 9.67 Å². The third-order valence-electron chi connectivity index (χ3n) is 4.65. The first-order chi connectivity index (χ1) is 12.0. The summed E-state index contributed by atoms with van der Waals surface area (Å²) < 4.78 is 1.97. The number of hydrogen-bond donors (Lipinski definition) is 2. The van der Waals surface area contributed by atoms with Crippen LogP contribution in [0.15, 0.2) is 35.6 Å². The van der Waals surface area contributed by atoms with Crippen LogP contribution in [0.3, 0.4) is 0 Å².